The van der Waals surface area contributed by atoms with Crippen molar-refractivity contribution in [3.63, 3.8) is 0 Å². The van der Waals surface area contributed by atoms with Gasteiger partial charge in [-0.15, -0.1) is 0 Å². The van der Waals surface area contributed by atoms with Gasteiger partial charge in [-0.2, -0.15) is 0 Å². The number of phenols is 1. The van der Waals surface area contributed by atoms with Crippen LogP contribution in [0.15, 0.2) is 18.2 Å². The Balaban J connectivity index is 2.78. The van der Waals surface area contributed by atoms with Crippen LogP contribution >= 0.6 is 0 Å². The third-order valence-corrected chi connectivity index (χ3v) is 2.43. The van der Waals surface area contributed by atoms with E-state index >= 15 is 0 Å². The molecule has 1 rings (SSSR count). The van der Waals surface area contributed by atoms with Crippen LogP contribution in [0.3, 0.4) is 0 Å². The fourth-order valence-corrected chi connectivity index (χ4v) is 1.48. The molecule has 0 saturated heterocycles. The molecule has 84 valence electrons. The van der Waals surface area contributed by atoms with Crippen molar-refractivity contribution in [2.24, 2.45) is 0 Å². The third kappa shape index (κ3) is 3.11. The number of nitrogens with zero attached hydrogens (tertiary/aromatic N) is 1. The van der Waals surface area contributed by atoms with Crippen molar-refractivity contribution in [3.8, 4) is 5.75 Å². The van der Waals surface area contributed by atoms with Gasteiger partial charge in [0.15, 0.2) is 0 Å². The number of likely N-dealkylation sites (N-methyl/N-ethyl adjacent to an activating group) is 1. The summed E-state index contributed by atoms with van der Waals surface area (Å²) < 4.78 is 0. The van der Waals surface area contributed by atoms with Gasteiger partial charge in [-0.05, 0) is 18.7 Å². The molecular formula is C11H18N2O2. The summed E-state index contributed by atoms with van der Waals surface area (Å²) in [7, 11) is 0. The number of aliphatic hydroxyl groups excluding tert-OH is 1. The molecule has 1 aromatic carbocycles. The molecule has 0 heterocycles. The first-order chi connectivity index (χ1) is 7.19. The van der Waals surface area contributed by atoms with E-state index in [2.05, 4.69) is 0 Å². The molecule has 0 amide bonds. The Kier molecular flexibility index (Phi) is 4.39. The van der Waals surface area contributed by atoms with Gasteiger partial charge in [0, 0.05) is 24.3 Å². The van der Waals surface area contributed by atoms with Gasteiger partial charge in [0.25, 0.3) is 0 Å². The summed E-state index contributed by atoms with van der Waals surface area (Å²) in [6, 6.07) is 5.11. The molecule has 0 unspecified atom stereocenters. The van der Waals surface area contributed by atoms with Crippen LogP contribution in [0.5, 0.6) is 5.75 Å². The summed E-state index contributed by atoms with van der Waals surface area (Å²) >= 11 is 0. The second-order valence-electron chi connectivity index (χ2n) is 3.44. The van der Waals surface area contributed by atoms with E-state index in [1.807, 2.05) is 11.8 Å². The molecule has 1 aromatic rings. The highest BCUT2D eigenvalue weighted by atomic mass is 16.3. The molecule has 15 heavy (non-hydrogen) atoms. The first kappa shape index (κ1) is 11.8. The van der Waals surface area contributed by atoms with Gasteiger partial charge in [0.05, 0.1) is 6.61 Å². The van der Waals surface area contributed by atoms with Gasteiger partial charge in [-0.1, -0.05) is 13.0 Å². The Morgan fingerprint density at radius 1 is 1.40 bits per heavy atom. The summed E-state index contributed by atoms with van der Waals surface area (Å²) in [6.07, 6.45) is 0. The highest BCUT2D eigenvalue weighted by Crippen LogP contribution is 2.24. The van der Waals surface area contributed by atoms with Crippen molar-refractivity contribution < 1.29 is 10.2 Å². The van der Waals surface area contributed by atoms with Crippen molar-refractivity contribution in [1.82, 2.24) is 4.90 Å². The normalized spacial score (nSPS) is 10.9. The molecule has 0 aliphatic rings. The van der Waals surface area contributed by atoms with Crippen molar-refractivity contribution in [3.05, 3.63) is 23.8 Å². The highest BCUT2D eigenvalue weighted by molar-refractivity contribution is 5.53. The van der Waals surface area contributed by atoms with E-state index in [1.54, 1.807) is 18.2 Å². The number of rotatable bonds is 5. The van der Waals surface area contributed by atoms with Crippen LogP contribution in [0.1, 0.15) is 12.5 Å². The lowest BCUT2D eigenvalue weighted by Gasteiger charge is -2.20. The van der Waals surface area contributed by atoms with E-state index in [4.69, 9.17) is 10.8 Å². The fraction of sp³-hybridized carbons (Fsp3) is 0.455. The lowest BCUT2D eigenvalue weighted by atomic mass is 10.1. The number of nitrogens with two attached hydrogens (primary N) is 1. The van der Waals surface area contributed by atoms with Crippen LogP contribution in [0.2, 0.25) is 0 Å². The summed E-state index contributed by atoms with van der Waals surface area (Å²) in [5.41, 5.74) is 7.09. The van der Waals surface area contributed by atoms with Crippen LogP contribution in [0.4, 0.5) is 5.69 Å². The van der Waals surface area contributed by atoms with Crippen LogP contribution < -0.4 is 5.73 Å². The third-order valence-electron chi connectivity index (χ3n) is 2.43. The minimum atomic E-state index is 0.112. The average molecular weight is 210 g/mol. The standard InChI is InChI=1S/C11H18N2O2/c1-2-13(6-7-14)8-9-10(12)4-3-5-11(9)15/h3-5,14-15H,2,6-8,12H2,1H3. The van der Waals surface area contributed by atoms with E-state index in [0.717, 1.165) is 12.1 Å². The van der Waals surface area contributed by atoms with Crippen molar-refractivity contribution in [2.75, 3.05) is 25.4 Å². The highest BCUT2D eigenvalue weighted by Gasteiger charge is 2.09. The Bertz CT molecular complexity index is 295. The number of phenolic OH excluding ortho intramolecular Hbond substituents is 1. The van der Waals surface area contributed by atoms with Crippen LogP contribution in [0.25, 0.3) is 0 Å². The Hall–Kier alpha value is -1.26. The first-order valence-corrected chi connectivity index (χ1v) is 5.08. The number of nitrogen functional groups attached to an aromatic ring is 1. The Morgan fingerprint density at radius 2 is 2.13 bits per heavy atom. The second-order valence-corrected chi connectivity index (χ2v) is 3.44. The second kappa shape index (κ2) is 5.58. The molecule has 4 heteroatoms. The maximum absolute atomic E-state index is 9.63. The van der Waals surface area contributed by atoms with Gasteiger partial charge in [-0.25, -0.2) is 0 Å². The first-order valence-electron chi connectivity index (χ1n) is 5.08. The number of hydrogen-bond acceptors (Lipinski definition) is 4. The maximum atomic E-state index is 9.63. The summed E-state index contributed by atoms with van der Waals surface area (Å²) in [6.45, 7) is 4.08. The number of aromatic hydroxyl groups is 1. The minimum absolute atomic E-state index is 0.112. The summed E-state index contributed by atoms with van der Waals surface area (Å²) in [4.78, 5) is 2.02. The topological polar surface area (TPSA) is 69.7 Å². The van der Waals surface area contributed by atoms with Gasteiger partial charge < -0.3 is 15.9 Å². The maximum Gasteiger partial charge on any atom is 0.122 e. The molecule has 0 aromatic heterocycles. The van der Waals surface area contributed by atoms with Crippen LogP contribution in [-0.4, -0.2) is 34.8 Å². The molecule has 0 spiro atoms. The van der Waals surface area contributed by atoms with Crippen molar-refractivity contribution >= 4 is 5.69 Å². The van der Waals surface area contributed by atoms with E-state index < -0.39 is 0 Å². The number of aliphatic hydroxyl groups is 1. The molecule has 0 saturated carbocycles. The molecular weight excluding hydrogens is 192 g/mol. The van der Waals surface area contributed by atoms with Gasteiger partial charge >= 0.3 is 0 Å². The van der Waals surface area contributed by atoms with Gasteiger partial charge in [0.1, 0.15) is 5.75 Å². The van der Waals surface area contributed by atoms with E-state index in [1.165, 1.54) is 0 Å². The van der Waals surface area contributed by atoms with Crippen molar-refractivity contribution in [1.29, 1.82) is 0 Å². The number of benzene rings is 1. The monoisotopic (exact) mass is 210 g/mol. The van der Waals surface area contributed by atoms with Crippen molar-refractivity contribution in [2.45, 2.75) is 13.5 Å². The molecule has 0 aliphatic carbocycles. The smallest absolute Gasteiger partial charge is 0.122 e. The molecule has 0 bridgehead atoms. The lowest BCUT2D eigenvalue weighted by molar-refractivity contribution is 0.195. The molecule has 4 nitrogen and oxygen atoms in total. The van der Waals surface area contributed by atoms with Gasteiger partial charge in [-0.3, -0.25) is 4.90 Å². The van der Waals surface area contributed by atoms with E-state index in [0.29, 0.717) is 18.8 Å². The largest absolute Gasteiger partial charge is 0.508 e. The quantitative estimate of drug-likeness (QED) is 0.628. The van der Waals surface area contributed by atoms with Gasteiger partial charge in [0.2, 0.25) is 0 Å². The SMILES string of the molecule is CCN(CCO)Cc1c(N)cccc1O. The molecule has 4 N–H and O–H groups in total. The van der Waals surface area contributed by atoms with Crippen LogP contribution in [-0.2, 0) is 6.54 Å². The Labute approximate surface area is 89.9 Å². The molecule has 0 radical (unpaired) electrons. The van der Waals surface area contributed by atoms with E-state index in [9.17, 15) is 5.11 Å². The molecule has 0 atom stereocenters. The van der Waals surface area contributed by atoms with E-state index in [-0.39, 0.29) is 12.4 Å². The molecule has 0 aliphatic heterocycles. The predicted octanol–water partition coefficient (Wildman–Crippen LogP) is 0.789. The van der Waals surface area contributed by atoms with Crippen LogP contribution in [0, 0.1) is 0 Å². The fourth-order valence-electron chi connectivity index (χ4n) is 1.48. The predicted molar refractivity (Wildman–Crippen MR) is 60.6 cm³/mol. The molecule has 0 fully saturated rings. The summed E-state index contributed by atoms with van der Waals surface area (Å²) in [5, 5.41) is 18.5. The average Bonchev–Trinajstić information content (AvgIpc) is 2.22. The summed E-state index contributed by atoms with van der Waals surface area (Å²) in [5.74, 6) is 0.214. The zero-order valence-electron chi connectivity index (χ0n) is 8.98. The number of anilines is 1. The zero-order chi connectivity index (χ0) is 11.3. The minimum Gasteiger partial charge on any atom is -0.508 e. The lowest BCUT2D eigenvalue weighted by Crippen LogP contribution is -2.26. The number of hydrogen-bond donors (Lipinski definition) is 3. The zero-order valence-corrected chi connectivity index (χ0v) is 8.98. The Morgan fingerprint density at radius 3 is 2.67 bits per heavy atom.